The number of carbonyl (C=O) groups is 2. The Morgan fingerprint density at radius 3 is 2.42 bits per heavy atom. The summed E-state index contributed by atoms with van der Waals surface area (Å²) in [7, 11) is 0. The molecule has 2 heterocycles. The average Bonchev–Trinajstić information content (AvgIpc) is 3.37. The highest BCUT2D eigenvalue weighted by Gasteiger charge is 2.50. The summed E-state index contributed by atoms with van der Waals surface area (Å²) in [5, 5.41) is 10.7. The quantitative estimate of drug-likeness (QED) is 0.517. The van der Waals surface area contributed by atoms with Crippen LogP contribution in [0.15, 0.2) is 52.7 Å². The van der Waals surface area contributed by atoms with E-state index in [4.69, 9.17) is 4.42 Å². The second-order valence-corrected chi connectivity index (χ2v) is 6.67. The zero-order chi connectivity index (χ0) is 18.3. The maximum atomic E-state index is 13.2. The van der Waals surface area contributed by atoms with E-state index in [9.17, 15) is 19.1 Å². The van der Waals surface area contributed by atoms with Crippen molar-refractivity contribution in [3.05, 3.63) is 65.4 Å². The molecule has 4 rings (SSSR count). The highest BCUT2D eigenvalue weighted by Crippen LogP contribution is 2.43. The largest absolute Gasteiger partial charge is 0.507 e. The second kappa shape index (κ2) is 6.44. The van der Waals surface area contributed by atoms with Gasteiger partial charge in [0.15, 0.2) is 0 Å². The van der Waals surface area contributed by atoms with Crippen molar-refractivity contribution in [1.29, 1.82) is 0 Å². The number of likely N-dealkylation sites (tertiary alicyclic amines) is 1. The normalized spacial score (nSPS) is 23.1. The van der Waals surface area contributed by atoms with Crippen molar-refractivity contribution >= 4 is 17.4 Å². The molecular weight excluding hydrogens is 337 g/mol. The number of halogens is 1. The van der Waals surface area contributed by atoms with Crippen LogP contribution in [0.1, 0.15) is 43.0 Å². The number of furan rings is 1. The molecule has 0 radical (unpaired) electrons. The monoisotopic (exact) mass is 355 g/mol. The first-order valence-corrected chi connectivity index (χ1v) is 8.67. The standard InChI is InChI=1S/C20H18FNO4/c21-13-9-7-12(8-10-13)18(23)16-17(15-6-3-11-26-15)22(20(25)19(16)24)14-4-1-2-5-14/h3,6-11,14,17,23H,1-2,4-5H2/b18-16-. The van der Waals surface area contributed by atoms with E-state index in [2.05, 4.69) is 0 Å². The third kappa shape index (κ3) is 2.62. The maximum absolute atomic E-state index is 13.2. The highest BCUT2D eigenvalue weighted by molar-refractivity contribution is 6.46. The minimum Gasteiger partial charge on any atom is -0.507 e. The molecule has 6 heteroatoms. The van der Waals surface area contributed by atoms with Crippen molar-refractivity contribution in [3.8, 4) is 0 Å². The topological polar surface area (TPSA) is 70.8 Å². The molecule has 5 nitrogen and oxygen atoms in total. The molecule has 1 aliphatic heterocycles. The fourth-order valence-corrected chi connectivity index (χ4v) is 3.90. The summed E-state index contributed by atoms with van der Waals surface area (Å²) in [4.78, 5) is 27.0. The van der Waals surface area contributed by atoms with Gasteiger partial charge in [-0.1, -0.05) is 12.8 Å². The number of carbonyl (C=O) groups excluding carboxylic acids is 2. The number of amides is 1. The van der Waals surface area contributed by atoms with E-state index in [1.54, 1.807) is 17.0 Å². The second-order valence-electron chi connectivity index (χ2n) is 6.67. The number of Topliss-reactive ketones (excluding diaryl/α,β-unsaturated/α-hetero) is 1. The molecule has 1 aromatic heterocycles. The molecular formula is C20H18FNO4. The molecule has 26 heavy (non-hydrogen) atoms. The van der Waals surface area contributed by atoms with Crippen LogP contribution in [-0.4, -0.2) is 27.7 Å². The SMILES string of the molecule is O=C1C(=O)N(C2CCCC2)C(c2ccco2)/C1=C(/O)c1ccc(F)cc1. The van der Waals surface area contributed by atoms with E-state index < -0.39 is 23.5 Å². The van der Waals surface area contributed by atoms with Crippen molar-refractivity contribution in [1.82, 2.24) is 4.90 Å². The Labute approximate surface area is 149 Å². The van der Waals surface area contributed by atoms with Crippen molar-refractivity contribution < 1.29 is 23.5 Å². The Morgan fingerprint density at radius 2 is 1.81 bits per heavy atom. The number of aliphatic hydroxyl groups excluding tert-OH is 1. The number of ketones is 1. The van der Waals surface area contributed by atoms with Crippen LogP contribution in [-0.2, 0) is 9.59 Å². The van der Waals surface area contributed by atoms with Crippen molar-refractivity contribution in [2.24, 2.45) is 0 Å². The fourth-order valence-electron chi connectivity index (χ4n) is 3.90. The van der Waals surface area contributed by atoms with Crippen LogP contribution in [0.25, 0.3) is 5.76 Å². The fraction of sp³-hybridized carbons (Fsp3) is 0.300. The predicted octanol–water partition coefficient (Wildman–Crippen LogP) is 3.78. The van der Waals surface area contributed by atoms with Crippen LogP contribution in [0, 0.1) is 5.82 Å². The Kier molecular flexibility index (Phi) is 4.11. The predicted molar refractivity (Wildman–Crippen MR) is 91.5 cm³/mol. The van der Waals surface area contributed by atoms with Crippen LogP contribution in [0.2, 0.25) is 0 Å². The zero-order valence-electron chi connectivity index (χ0n) is 14.0. The molecule has 1 saturated heterocycles. The van der Waals surface area contributed by atoms with Gasteiger partial charge >= 0.3 is 0 Å². The van der Waals surface area contributed by atoms with E-state index in [0.717, 1.165) is 25.7 Å². The van der Waals surface area contributed by atoms with Crippen LogP contribution >= 0.6 is 0 Å². The Bertz CT molecular complexity index is 864. The zero-order valence-corrected chi connectivity index (χ0v) is 14.0. The first-order valence-electron chi connectivity index (χ1n) is 8.67. The van der Waals surface area contributed by atoms with E-state index in [1.807, 2.05) is 0 Å². The first kappa shape index (κ1) is 16.6. The van der Waals surface area contributed by atoms with Gasteiger partial charge in [-0.25, -0.2) is 4.39 Å². The van der Waals surface area contributed by atoms with Crippen molar-refractivity contribution in [3.63, 3.8) is 0 Å². The van der Waals surface area contributed by atoms with Gasteiger partial charge in [-0.3, -0.25) is 9.59 Å². The lowest BCUT2D eigenvalue weighted by molar-refractivity contribution is -0.141. The van der Waals surface area contributed by atoms with Crippen LogP contribution < -0.4 is 0 Å². The van der Waals surface area contributed by atoms with Gasteiger partial charge < -0.3 is 14.4 Å². The Morgan fingerprint density at radius 1 is 1.12 bits per heavy atom. The van der Waals surface area contributed by atoms with E-state index in [0.29, 0.717) is 5.76 Å². The number of rotatable bonds is 3. The van der Waals surface area contributed by atoms with Gasteiger partial charge in [-0.2, -0.15) is 0 Å². The lowest BCUT2D eigenvalue weighted by Gasteiger charge is -2.29. The summed E-state index contributed by atoms with van der Waals surface area (Å²) in [6.45, 7) is 0. The maximum Gasteiger partial charge on any atom is 0.296 e. The molecule has 2 fully saturated rings. The number of hydrogen-bond acceptors (Lipinski definition) is 4. The molecule has 1 unspecified atom stereocenters. The lowest BCUT2D eigenvalue weighted by atomic mass is 9.98. The molecule has 1 aliphatic carbocycles. The van der Waals surface area contributed by atoms with E-state index in [1.165, 1.54) is 30.5 Å². The Balaban J connectivity index is 1.86. The van der Waals surface area contributed by atoms with Gasteiger partial charge in [-0.15, -0.1) is 0 Å². The number of nitrogens with zero attached hydrogens (tertiary/aromatic N) is 1. The van der Waals surface area contributed by atoms with Crippen LogP contribution in [0.4, 0.5) is 4.39 Å². The molecule has 1 amide bonds. The molecule has 134 valence electrons. The number of hydrogen-bond donors (Lipinski definition) is 1. The van der Waals surface area contributed by atoms with Crippen LogP contribution in [0.5, 0.6) is 0 Å². The molecule has 1 aromatic carbocycles. The van der Waals surface area contributed by atoms with Crippen LogP contribution in [0.3, 0.4) is 0 Å². The number of benzene rings is 1. The lowest BCUT2D eigenvalue weighted by Crippen LogP contribution is -2.37. The molecule has 2 aliphatic rings. The van der Waals surface area contributed by atoms with Crippen molar-refractivity contribution in [2.75, 3.05) is 0 Å². The smallest absolute Gasteiger partial charge is 0.296 e. The molecule has 2 aromatic rings. The molecule has 0 bridgehead atoms. The van der Waals surface area contributed by atoms with Gasteiger partial charge in [0.05, 0.1) is 11.8 Å². The van der Waals surface area contributed by atoms with Gasteiger partial charge in [0.1, 0.15) is 23.4 Å². The number of aliphatic hydroxyl groups is 1. The molecule has 1 saturated carbocycles. The molecule has 1 N–H and O–H groups in total. The third-order valence-corrected chi connectivity index (χ3v) is 5.13. The third-order valence-electron chi connectivity index (χ3n) is 5.13. The highest BCUT2D eigenvalue weighted by atomic mass is 19.1. The van der Waals surface area contributed by atoms with Gasteiger partial charge in [0.2, 0.25) is 0 Å². The summed E-state index contributed by atoms with van der Waals surface area (Å²) in [5.74, 6) is -1.69. The average molecular weight is 355 g/mol. The summed E-state index contributed by atoms with van der Waals surface area (Å²) in [6, 6.07) is 7.71. The Hall–Kier alpha value is -2.89. The van der Waals surface area contributed by atoms with Gasteiger partial charge in [0.25, 0.3) is 11.7 Å². The van der Waals surface area contributed by atoms with Gasteiger partial charge in [0, 0.05) is 11.6 Å². The minimum absolute atomic E-state index is 0.0107. The van der Waals surface area contributed by atoms with E-state index >= 15 is 0 Å². The summed E-state index contributed by atoms with van der Waals surface area (Å²) in [6.07, 6.45) is 5.11. The van der Waals surface area contributed by atoms with E-state index in [-0.39, 0.29) is 22.9 Å². The molecule has 0 spiro atoms. The summed E-state index contributed by atoms with van der Waals surface area (Å²) in [5.41, 5.74) is 0.274. The summed E-state index contributed by atoms with van der Waals surface area (Å²) >= 11 is 0. The van der Waals surface area contributed by atoms with Gasteiger partial charge in [-0.05, 0) is 49.2 Å². The van der Waals surface area contributed by atoms with Crippen molar-refractivity contribution in [2.45, 2.75) is 37.8 Å². The molecule has 1 atom stereocenters. The summed E-state index contributed by atoms with van der Waals surface area (Å²) < 4.78 is 18.7. The first-order chi connectivity index (χ1) is 12.6. The minimum atomic E-state index is -0.766.